The highest BCUT2D eigenvalue weighted by Gasteiger charge is 2.47. The number of aryl methyl sites for hydroxylation is 1. The summed E-state index contributed by atoms with van der Waals surface area (Å²) in [6, 6.07) is 13.1. The molecule has 0 saturated heterocycles. The topological polar surface area (TPSA) is 38.3 Å². The Kier molecular flexibility index (Phi) is 2.94. The molecule has 0 bridgehead atoms. The van der Waals surface area contributed by atoms with E-state index in [1.807, 2.05) is 43.3 Å². The van der Waals surface area contributed by atoms with Crippen LogP contribution in [0.25, 0.3) is 0 Å². The van der Waals surface area contributed by atoms with Crippen molar-refractivity contribution in [2.24, 2.45) is 0 Å². The Bertz CT molecular complexity index is 699. The number of alkyl halides is 1. The van der Waals surface area contributed by atoms with Crippen LogP contribution in [-0.2, 0) is 9.67 Å². The van der Waals surface area contributed by atoms with Crippen LogP contribution >= 0.6 is 11.6 Å². The summed E-state index contributed by atoms with van der Waals surface area (Å²) in [5, 5.41) is 2.84. The summed E-state index contributed by atoms with van der Waals surface area (Å²) >= 11 is 6.71. The molecule has 2 aromatic rings. The lowest BCUT2D eigenvalue weighted by Crippen LogP contribution is -2.29. The zero-order valence-corrected chi connectivity index (χ0v) is 12.0. The van der Waals surface area contributed by atoms with Crippen LogP contribution in [0.4, 0.5) is 5.69 Å². The molecule has 0 aromatic heterocycles. The number of hydrogen-bond donors (Lipinski definition) is 1. The van der Waals surface area contributed by atoms with E-state index < -0.39 is 4.87 Å². The molecular formula is C16H14ClNO2. The van der Waals surface area contributed by atoms with Crippen molar-refractivity contribution in [3.8, 4) is 5.75 Å². The molecule has 1 heterocycles. The Balaban J connectivity index is 2.21. The van der Waals surface area contributed by atoms with E-state index in [1.54, 1.807) is 13.2 Å². The van der Waals surface area contributed by atoms with E-state index in [4.69, 9.17) is 16.3 Å². The lowest BCUT2D eigenvalue weighted by atomic mass is 9.90. The number of fused-ring (bicyclic) bond motifs is 1. The molecule has 1 aliphatic rings. The van der Waals surface area contributed by atoms with Gasteiger partial charge in [0.1, 0.15) is 5.75 Å². The number of ether oxygens (including phenoxy) is 1. The largest absolute Gasteiger partial charge is 0.497 e. The van der Waals surface area contributed by atoms with Gasteiger partial charge in [-0.1, -0.05) is 41.4 Å². The predicted octanol–water partition coefficient (Wildman–Crippen LogP) is 3.44. The standard InChI is InChI=1S/C16H14ClNO2/c1-10-6-7-14-13(8-10)16(17,15(19)18-14)11-4-3-5-12(9-11)20-2/h3-9H,1-2H3,(H,18,19). The average Bonchev–Trinajstić information content (AvgIpc) is 2.72. The molecule has 4 heteroatoms. The molecule has 1 amide bonds. The molecule has 1 unspecified atom stereocenters. The Labute approximate surface area is 122 Å². The van der Waals surface area contributed by atoms with Crippen LogP contribution in [0.15, 0.2) is 42.5 Å². The van der Waals surface area contributed by atoms with Crippen molar-refractivity contribution in [2.45, 2.75) is 11.8 Å². The van der Waals surface area contributed by atoms with Crippen molar-refractivity contribution < 1.29 is 9.53 Å². The molecule has 1 aliphatic heterocycles. The summed E-state index contributed by atoms with van der Waals surface area (Å²) in [7, 11) is 1.59. The highest BCUT2D eigenvalue weighted by atomic mass is 35.5. The van der Waals surface area contributed by atoms with Gasteiger partial charge >= 0.3 is 0 Å². The smallest absolute Gasteiger partial charge is 0.254 e. The molecule has 3 nitrogen and oxygen atoms in total. The molecule has 0 radical (unpaired) electrons. The van der Waals surface area contributed by atoms with Crippen LogP contribution < -0.4 is 10.1 Å². The molecule has 102 valence electrons. The van der Waals surface area contributed by atoms with Crippen LogP contribution in [0.5, 0.6) is 5.75 Å². The summed E-state index contributed by atoms with van der Waals surface area (Å²) in [5.74, 6) is 0.449. The summed E-state index contributed by atoms with van der Waals surface area (Å²) in [6.07, 6.45) is 0. The van der Waals surface area contributed by atoms with Crippen LogP contribution in [-0.4, -0.2) is 13.0 Å². The van der Waals surface area contributed by atoms with Gasteiger partial charge in [-0.05, 0) is 30.7 Å². The molecule has 3 rings (SSSR count). The molecule has 0 saturated carbocycles. The highest BCUT2D eigenvalue weighted by Crippen LogP contribution is 2.46. The maximum atomic E-state index is 12.4. The first-order valence-corrected chi connectivity index (χ1v) is 6.69. The third-order valence-corrected chi connectivity index (χ3v) is 4.17. The first-order valence-electron chi connectivity index (χ1n) is 6.31. The number of halogens is 1. The number of amides is 1. The minimum Gasteiger partial charge on any atom is -0.497 e. The molecule has 1 atom stereocenters. The van der Waals surface area contributed by atoms with E-state index in [1.165, 1.54) is 0 Å². The van der Waals surface area contributed by atoms with Crippen molar-refractivity contribution in [1.82, 2.24) is 0 Å². The lowest BCUT2D eigenvalue weighted by Gasteiger charge is -2.21. The van der Waals surface area contributed by atoms with E-state index >= 15 is 0 Å². The number of nitrogens with one attached hydrogen (secondary N) is 1. The third kappa shape index (κ3) is 1.78. The van der Waals surface area contributed by atoms with Crippen molar-refractivity contribution in [2.75, 3.05) is 12.4 Å². The van der Waals surface area contributed by atoms with E-state index in [2.05, 4.69) is 5.32 Å². The van der Waals surface area contributed by atoms with Gasteiger partial charge in [-0.2, -0.15) is 0 Å². The minimum atomic E-state index is -1.20. The highest BCUT2D eigenvalue weighted by molar-refractivity contribution is 6.41. The molecule has 2 aromatic carbocycles. The quantitative estimate of drug-likeness (QED) is 0.859. The number of rotatable bonds is 2. The maximum absolute atomic E-state index is 12.4. The van der Waals surface area contributed by atoms with Crippen molar-refractivity contribution in [3.05, 3.63) is 59.2 Å². The second-order valence-corrected chi connectivity index (χ2v) is 5.46. The number of carbonyl (C=O) groups excluding carboxylic acids is 1. The van der Waals surface area contributed by atoms with Gasteiger partial charge in [0.25, 0.3) is 5.91 Å². The third-order valence-electron chi connectivity index (χ3n) is 3.57. The fraction of sp³-hybridized carbons (Fsp3) is 0.188. The fourth-order valence-electron chi connectivity index (χ4n) is 2.51. The zero-order chi connectivity index (χ0) is 14.3. The second-order valence-electron chi connectivity index (χ2n) is 4.89. The van der Waals surface area contributed by atoms with Crippen LogP contribution in [0.3, 0.4) is 0 Å². The van der Waals surface area contributed by atoms with Gasteiger partial charge in [0, 0.05) is 11.3 Å². The van der Waals surface area contributed by atoms with E-state index in [-0.39, 0.29) is 5.91 Å². The zero-order valence-electron chi connectivity index (χ0n) is 11.2. The van der Waals surface area contributed by atoms with Crippen molar-refractivity contribution in [3.63, 3.8) is 0 Å². The van der Waals surface area contributed by atoms with Gasteiger partial charge in [-0.25, -0.2) is 0 Å². The molecule has 0 spiro atoms. The SMILES string of the molecule is COc1cccc(C2(Cl)C(=O)Nc3ccc(C)cc32)c1. The number of methoxy groups -OCH3 is 1. The van der Waals surface area contributed by atoms with Gasteiger partial charge in [-0.15, -0.1) is 0 Å². The van der Waals surface area contributed by atoms with Gasteiger partial charge < -0.3 is 10.1 Å². The molecule has 20 heavy (non-hydrogen) atoms. The summed E-state index contributed by atoms with van der Waals surface area (Å²) in [5.41, 5.74) is 3.32. The summed E-state index contributed by atoms with van der Waals surface area (Å²) in [4.78, 5) is 11.2. The van der Waals surface area contributed by atoms with Gasteiger partial charge in [0.15, 0.2) is 4.87 Å². The van der Waals surface area contributed by atoms with Gasteiger partial charge in [0.05, 0.1) is 7.11 Å². The van der Waals surface area contributed by atoms with E-state index in [0.717, 1.165) is 16.8 Å². The Morgan fingerprint density at radius 1 is 1.20 bits per heavy atom. The Morgan fingerprint density at radius 3 is 2.75 bits per heavy atom. The molecule has 1 N–H and O–H groups in total. The first kappa shape index (κ1) is 13.0. The first-order chi connectivity index (χ1) is 9.55. The number of carbonyl (C=O) groups is 1. The van der Waals surface area contributed by atoms with Gasteiger partial charge in [0.2, 0.25) is 0 Å². The van der Waals surface area contributed by atoms with Crippen molar-refractivity contribution in [1.29, 1.82) is 0 Å². The summed E-state index contributed by atoms with van der Waals surface area (Å²) < 4.78 is 5.22. The van der Waals surface area contributed by atoms with Crippen LogP contribution in [0, 0.1) is 6.92 Å². The number of anilines is 1. The predicted molar refractivity (Wildman–Crippen MR) is 79.4 cm³/mol. The van der Waals surface area contributed by atoms with Gasteiger partial charge in [-0.3, -0.25) is 4.79 Å². The normalized spacial score (nSPS) is 20.4. The van der Waals surface area contributed by atoms with E-state index in [9.17, 15) is 4.79 Å². The van der Waals surface area contributed by atoms with Crippen molar-refractivity contribution >= 4 is 23.2 Å². The van der Waals surface area contributed by atoms with Crippen LogP contribution in [0.1, 0.15) is 16.7 Å². The molecule has 0 aliphatic carbocycles. The Morgan fingerprint density at radius 2 is 2.00 bits per heavy atom. The monoisotopic (exact) mass is 287 g/mol. The minimum absolute atomic E-state index is 0.229. The lowest BCUT2D eigenvalue weighted by molar-refractivity contribution is -0.117. The summed E-state index contributed by atoms with van der Waals surface area (Å²) in [6.45, 7) is 1.98. The van der Waals surface area contributed by atoms with E-state index in [0.29, 0.717) is 11.3 Å². The molecular weight excluding hydrogens is 274 g/mol. The number of benzene rings is 2. The second kappa shape index (κ2) is 4.53. The maximum Gasteiger partial charge on any atom is 0.254 e. The average molecular weight is 288 g/mol. The molecule has 0 fully saturated rings. The van der Waals surface area contributed by atoms with Crippen LogP contribution in [0.2, 0.25) is 0 Å². The Hall–Kier alpha value is -2.00. The fourth-order valence-corrected chi connectivity index (χ4v) is 2.83. The number of hydrogen-bond acceptors (Lipinski definition) is 2.